The molecule has 1 aliphatic rings. The maximum Gasteiger partial charge on any atom is 0.175 e. The number of aliphatic hydroxyl groups excluding tert-OH is 1. The second-order valence-electron chi connectivity index (χ2n) is 4.36. The average molecular weight is 341 g/mol. The van der Waals surface area contributed by atoms with Crippen LogP contribution in [0.3, 0.4) is 0 Å². The van der Waals surface area contributed by atoms with Gasteiger partial charge in [0.25, 0.3) is 0 Å². The van der Waals surface area contributed by atoms with Gasteiger partial charge in [0.15, 0.2) is 11.5 Å². The summed E-state index contributed by atoms with van der Waals surface area (Å²) < 4.78 is 11.9. The van der Waals surface area contributed by atoms with Gasteiger partial charge in [-0.2, -0.15) is 0 Å². The van der Waals surface area contributed by atoms with E-state index in [0.29, 0.717) is 24.7 Å². The number of aliphatic hydroxyl groups is 1. The van der Waals surface area contributed by atoms with Crippen molar-refractivity contribution in [2.24, 2.45) is 0 Å². The van der Waals surface area contributed by atoms with Crippen LogP contribution in [0.1, 0.15) is 22.1 Å². The van der Waals surface area contributed by atoms with Gasteiger partial charge >= 0.3 is 0 Å². The standard InChI is InChI=1S/C14H13BrO3S/c1-8-10(2-5-19-8)13(16)9-6-11(15)14-12(7-9)17-3-4-18-14/h2,5-7,13,16H,3-4H2,1H3. The number of halogens is 1. The van der Waals surface area contributed by atoms with Crippen LogP contribution in [0.25, 0.3) is 0 Å². The summed E-state index contributed by atoms with van der Waals surface area (Å²) in [6.07, 6.45) is -0.640. The lowest BCUT2D eigenvalue weighted by atomic mass is 10.0. The second-order valence-corrected chi connectivity index (χ2v) is 6.34. The number of thiophene rings is 1. The Kier molecular flexibility index (Phi) is 3.52. The zero-order valence-electron chi connectivity index (χ0n) is 10.4. The van der Waals surface area contributed by atoms with Crippen LogP contribution in [0.5, 0.6) is 11.5 Å². The van der Waals surface area contributed by atoms with Crippen molar-refractivity contribution < 1.29 is 14.6 Å². The summed E-state index contributed by atoms with van der Waals surface area (Å²) in [4.78, 5) is 1.12. The van der Waals surface area contributed by atoms with Gasteiger partial charge in [0.05, 0.1) is 4.47 Å². The van der Waals surface area contributed by atoms with Crippen LogP contribution >= 0.6 is 27.3 Å². The molecule has 1 N–H and O–H groups in total. The van der Waals surface area contributed by atoms with Crippen LogP contribution in [0.2, 0.25) is 0 Å². The molecule has 0 amide bonds. The van der Waals surface area contributed by atoms with Crippen molar-refractivity contribution in [3.05, 3.63) is 44.1 Å². The first-order valence-corrected chi connectivity index (χ1v) is 7.65. The van der Waals surface area contributed by atoms with Crippen molar-refractivity contribution in [1.29, 1.82) is 0 Å². The predicted molar refractivity (Wildman–Crippen MR) is 78.2 cm³/mol. The van der Waals surface area contributed by atoms with E-state index in [2.05, 4.69) is 15.9 Å². The molecular formula is C14H13BrO3S. The van der Waals surface area contributed by atoms with Crippen LogP contribution in [0, 0.1) is 6.92 Å². The fourth-order valence-corrected chi connectivity index (χ4v) is 3.46. The Hall–Kier alpha value is -1.04. The Morgan fingerprint density at radius 2 is 2.11 bits per heavy atom. The van der Waals surface area contributed by atoms with E-state index in [1.807, 2.05) is 30.5 Å². The molecule has 0 bridgehead atoms. The number of fused-ring (bicyclic) bond motifs is 1. The minimum absolute atomic E-state index is 0.538. The summed E-state index contributed by atoms with van der Waals surface area (Å²) in [6, 6.07) is 5.69. The first-order valence-electron chi connectivity index (χ1n) is 5.98. The van der Waals surface area contributed by atoms with Gasteiger partial charge < -0.3 is 14.6 Å². The zero-order valence-corrected chi connectivity index (χ0v) is 12.8. The summed E-state index contributed by atoms with van der Waals surface area (Å²) in [5, 5.41) is 12.5. The van der Waals surface area contributed by atoms with E-state index in [0.717, 1.165) is 20.5 Å². The minimum atomic E-state index is -0.640. The van der Waals surface area contributed by atoms with E-state index < -0.39 is 6.10 Å². The van der Waals surface area contributed by atoms with Gasteiger partial charge in [-0.05, 0) is 57.6 Å². The van der Waals surface area contributed by atoms with Crippen molar-refractivity contribution in [2.75, 3.05) is 13.2 Å². The SMILES string of the molecule is Cc1sccc1C(O)c1cc(Br)c2c(c1)OCCO2. The summed E-state index contributed by atoms with van der Waals surface area (Å²) in [5.41, 5.74) is 1.74. The Morgan fingerprint density at radius 3 is 2.84 bits per heavy atom. The van der Waals surface area contributed by atoms with Gasteiger partial charge in [0.1, 0.15) is 19.3 Å². The summed E-state index contributed by atoms with van der Waals surface area (Å²) >= 11 is 5.10. The summed E-state index contributed by atoms with van der Waals surface area (Å²) in [5.74, 6) is 1.40. The number of aryl methyl sites for hydroxylation is 1. The van der Waals surface area contributed by atoms with Gasteiger partial charge in [-0.25, -0.2) is 0 Å². The number of benzene rings is 1. The van der Waals surface area contributed by atoms with Gasteiger partial charge in [0.2, 0.25) is 0 Å². The highest BCUT2D eigenvalue weighted by atomic mass is 79.9. The molecule has 0 aliphatic carbocycles. The van der Waals surface area contributed by atoms with Crippen molar-refractivity contribution in [3.8, 4) is 11.5 Å². The molecule has 1 atom stereocenters. The van der Waals surface area contributed by atoms with Crippen molar-refractivity contribution in [2.45, 2.75) is 13.0 Å². The van der Waals surface area contributed by atoms with Crippen molar-refractivity contribution in [3.63, 3.8) is 0 Å². The third-order valence-corrected chi connectivity index (χ3v) is 4.58. The second kappa shape index (κ2) is 5.15. The van der Waals surface area contributed by atoms with E-state index in [-0.39, 0.29) is 0 Å². The highest BCUT2D eigenvalue weighted by molar-refractivity contribution is 9.10. The summed E-state index contributed by atoms with van der Waals surface area (Å²) in [7, 11) is 0. The van der Waals surface area contributed by atoms with Crippen LogP contribution in [0.4, 0.5) is 0 Å². The van der Waals surface area contributed by atoms with E-state index in [9.17, 15) is 5.11 Å². The normalized spacial score (nSPS) is 15.3. The van der Waals surface area contributed by atoms with Gasteiger partial charge in [0, 0.05) is 4.88 Å². The maximum absolute atomic E-state index is 10.5. The molecular weight excluding hydrogens is 328 g/mol. The van der Waals surface area contributed by atoms with Crippen molar-refractivity contribution >= 4 is 27.3 Å². The first kappa shape index (κ1) is 13.0. The maximum atomic E-state index is 10.5. The Bertz CT molecular complexity index is 609. The lowest BCUT2D eigenvalue weighted by molar-refractivity contribution is 0.168. The van der Waals surface area contributed by atoms with Crippen molar-refractivity contribution in [1.82, 2.24) is 0 Å². The molecule has 1 aromatic carbocycles. The third kappa shape index (κ3) is 2.38. The number of hydrogen-bond acceptors (Lipinski definition) is 4. The molecule has 0 fully saturated rings. The van der Waals surface area contributed by atoms with Gasteiger partial charge in [-0.3, -0.25) is 0 Å². The molecule has 1 aromatic heterocycles. The molecule has 100 valence electrons. The molecule has 1 unspecified atom stereocenters. The molecule has 0 saturated heterocycles. The largest absolute Gasteiger partial charge is 0.486 e. The van der Waals surface area contributed by atoms with Crippen LogP contribution in [-0.4, -0.2) is 18.3 Å². The smallest absolute Gasteiger partial charge is 0.175 e. The van der Waals surface area contributed by atoms with E-state index >= 15 is 0 Å². The van der Waals surface area contributed by atoms with Gasteiger partial charge in [-0.1, -0.05) is 0 Å². The summed E-state index contributed by atoms with van der Waals surface area (Å²) in [6.45, 7) is 3.10. The highest BCUT2D eigenvalue weighted by Gasteiger charge is 2.21. The molecule has 0 radical (unpaired) electrons. The van der Waals surface area contributed by atoms with Crippen LogP contribution in [-0.2, 0) is 0 Å². The molecule has 19 heavy (non-hydrogen) atoms. The quantitative estimate of drug-likeness (QED) is 0.906. The monoisotopic (exact) mass is 340 g/mol. The zero-order chi connectivity index (χ0) is 13.4. The topological polar surface area (TPSA) is 38.7 Å². The third-order valence-electron chi connectivity index (χ3n) is 3.13. The number of rotatable bonds is 2. The van der Waals surface area contributed by atoms with Crippen LogP contribution in [0.15, 0.2) is 28.1 Å². The molecule has 0 spiro atoms. The Balaban J connectivity index is 2.02. The van der Waals surface area contributed by atoms with E-state index in [1.54, 1.807) is 11.3 Å². The van der Waals surface area contributed by atoms with Gasteiger partial charge in [-0.15, -0.1) is 11.3 Å². The Morgan fingerprint density at radius 1 is 1.32 bits per heavy atom. The molecule has 0 saturated carbocycles. The predicted octanol–water partition coefficient (Wildman–Crippen LogP) is 3.67. The molecule has 2 aromatic rings. The lowest BCUT2D eigenvalue weighted by Crippen LogP contribution is -2.16. The fraction of sp³-hybridized carbons (Fsp3) is 0.286. The Labute approximate surface area is 123 Å². The highest BCUT2D eigenvalue weighted by Crippen LogP contribution is 2.41. The minimum Gasteiger partial charge on any atom is -0.486 e. The fourth-order valence-electron chi connectivity index (χ4n) is 2.15. The molecule has 5 heteroatoms. The van der Waals surface area contributed by atoms with E-state index in [4.69, 9.17) is 9.47 Å². The number of hydrogen-bond donors (Lipinski definition) is 1. The lowest BCUT2D eigenvalue weighted by Gasteiger charge is -2.21. The molecule has 3 nitrogen and oxygen atoms in total. The first-order chi connectivity index (χ1) is 9.16. The number of ether oxygens (including phenoxy) is 2. The van der Waals surface area contributed by atoms with Crippen LogP contribution < -0.4 is 9.47 Å². The molecule has 3 rings (SSSR count). The molecule has 1 aliphatic heterocycles. The van der Waals surface area contributed by atoms with E-state index in [1.165, 1.54) is 0 Å². The average Bonchev–Trinajstić information content (AvgIpc) is 2.84. The molecule has 2 heterocycles.